The van der Waals surface area contributed by atoms with Crippen molar-refractivity contribution in [2.24, 2.45) is 5.11 Å². The molecule has 0 aliphatic carbocycles. The standard InChI is InChI=1S/C7H6BrClN4O/c8-5-2-11-7(9)1-4(5)6(3-14)12-13-10/h1-2,6,14H,3H2. The number of aromatic nitrogens is 1. The first-order chi connectivity index (χ1) is 6.69. The van der Waals surface area contributed by atoms with Crippen molar-refractivity contribution in [3.8, 4) is 0 Å². The third kappa shape index (κ3) is 2.59. The van der Waals surface area contributed by atoms with Crippen LogP contribution in [0.3, 0.4) is 0 Å². The minimum absolute atomic E-state index is 0.275. The highest BCUT2D eigenvalue weighted by Gasteiger charge is 2.12. The molecule has 1 atom stereocenters. The average molecular weight is 278 g/mol. The third-order valence-electron chi connectivity index (χ3n) is 1.57. The number of rotatable bonds is 3. The van der Waals surface area contributed by atoms with Crippen molar-refractivity contribution in [1.82, 2.24) is 4.98 Å². The van der Waals surface area contributed by atoms with Crippen LogP contribution >= 0.6 is 27.5 Å². The number of aliphatic hydroxyl groups is 1. The number of hydrogen-bond acceptors (Lipinski definition) is 3. The molecule has 0 radical (unpaired) electrons. The van der Waals surface area contributed by atoms with Crippen LogP contribution < -0.4 is 0 Å². The number of hydrogen-bond donors (Lipinski definition) is 1. The molecule has 0 bridgehead atoms. The summed E-state index contributed by atoms with van der Waals surface area (Å²) < 4.78 is 0.647. The number of nitrogens with zero attached hydrogens (tertiary/aromatic N) is 4. The molecule has 1 unspecified atom stereocenters. The van der Waals surface area contributed by atoms with E-state index < -0.39 is 6.04 Å². The van der Waals surface area contributed by atoms with Gasteiger partial charge in [-0.15, -0.1) is 0 Å². The van der Waals surface area contributed by atoms with E-state index in [9.17, 15) is 0 Å². The van der Waals surface area contributed by atoms with Gasteiger partial charge >= 0.3 is 0 Å². The van der Waals surface area contributed by atoms with Crippen molar-refractivity contribution in [2.75, 3.05) is 6.61 Å². The van der Waals surface area contributed by atoms with Crippen molar-refractivity contribution < 1.29 is 5.11 Å². The second-order valence-electron chi connectivity index (χ2n) is 2.43. The lowest BCUT2D eigenvalue weighted by atomic mass is 10.1. The average Bonchev–Trinajstić information content (AvgIpc) is 2.18. The summed E-state index contributed by atoms with van der Waals surface area (Å²) in [6.45, 7) is -0.275. The van der Waals surface area contributed by atoms with Gasteiger partial charge in [-0.05, 0) is 33.1 Å². The van der Waals surface area contributed by atoms with E-state index in [2.05, 4.69) is 30.9 Å². The summed E-state index contributed by atoms with van der Waals surface area (Å²) in [5.41, 5.74) is 8.89. The Hall–Kier alpha value is -0.810. The van der Waals surface area contributed by atoms with Gasteiger partial charge in [-0.1, -0.05) is 16.7 Å². The maximum atomic E-state index is 8.98. The summed E-state index contributed by atoms with van der Waals surface area (Å²) in [5.74, 6) is 0. The van der Waals surface area contributed by atoms with E-state index in [1.165, 1.54) is 6.20 Å². The Morgan fingerprint density at radius 1 is 1.79 bits per heavy atom. The van der Waals surface area contributed by atoms with Crippen molar-refractivity contribution >= 4 is 27.5 Å². The molecule has 1 aromatic heterocycles. The highest BCUT2D eigenvalue weighted by atomic mass is 79.9. The van der Waals surface area contributed by atoms with Crippen LogP contribution in [0.1, 0.15) is 11.6 Å². The van der Waals surface area contributed by atoms with E-state index in [0.29, 0.717) is 10.0 Å². The Kier molecular flexibility index (Phi) is 4.16. The summed E-state index contributed by atoms with van der Waals surface area (Å²) in [6, 6.07) is 0.899. The fourth-order valence-electron chi connectivity index (χ4n) is 0.942. The van der Waals surface area contributed by atoms with Gasteiger partial charge in [0.1, 0.15) is 5.15 Å². The van der Waals surface area contributed by atoms with E-state index >= 15 is 0 Å². The van der Waals surface area contributed by atoms with Crippen LogP contribution in [-0.4, -0.2) is 16.7 Å². The molecule has 14 heavy (non-hydrogen) atoms. The largest absolute Gasteiger partial charge is 0.396 e. The van der Waals surface area contributed by atoms with E-state index in [1.54, 1.807) is 6.07 Å². The molecule has 1 aromatic rings. The third-order valence-corrected chi connectivity index (χ3v) is 2.44. The Balaban J connectivity index is 3.14. The topological polar surface area (TPSA) is 81.9 Å². The number of pyridine rings is 1. The molecule has 0 saturated carbocycles. The monoisotopic (exact) mass is 276 g/mol. The van der Waals surface area contributed by atoms with Gasteiger partial charge in [-0.3, -0.25) is 0 Å². The Bertz CT molecular complexity index is 380. The lowest BCUT2D eigenvalue weighted by Gasteiger charge is -2.09. The molecule has 74 valence electrons. The highest BCUT2D eigenvalue weighted by molar-refractivity contribution is 9.10. The van der Waals surface area contributed by atoms with Gasteiger partial charge < -0.3 is 5.11 Å². The zero-order valence-electron chi connectivity index (χ0n) is 6.93. The predicted molar refractivity (Wildman–Crippen MR) is 55.9 cm³/mol. The summed E-state index contributed by atoms with van der Waals surface area (Å²) in [5, 5.41) is 12.7. The smallest absolute Gasteiger partial charge is 0.129 e. The van der Waals surface area contributed by atoms with Crippen LogP contribution in [-0.2, 0) is 0 Å². The minimum atomic E-state index is -0.644. The molecule has 0 aliphatic heterocycles. The van der Waals surface area contributed by atoms with Gasteiger partial charge in [0.15, 0.2) is 0 Å². The van der Waals surface area contributed by atoms with Crippen molar-refractivity contribution in [1.29, 1.82) is 0 Å². The fraction of sp³-hybridized carbons (Fsp3) is 0.286. The fourth-order valence-corrected chi connectivity index (χ4v) is 1.59. The lowest BCUT2D eigenvalue weighted by molar-refractivity contribution is 0.267. The first-order valence-electron chi connectivity index (χ1n) is 3.65. The molecule has 7 heteroatoms. The first kappa shape index (κ1) is 11.3. The van der Waals surface area contributed by atoms with Crippen LogP contribution in [0, 0.1) is 0 Å². The molecule has 0 aliphatic rings. The van der Waals surface area contributed by atoms with Gasteiger partial charge in [0, 0.05) is 15.6 Å². The van der Waals surface area contributed by atoms with Gasteiger partial charge in [0.25, 0.3) is 0 Å². The second-order valence-corrected chi connectivity index (χ2v) is 3.67. The second kappa shape index (κ2) is 5.17. The Morgan fingerprint density at radius 3 is 3.07 bits per heavy atom. The quantitative estimate of drug-likeness (QED) is 0.399. The van der Waals surface area contributed by atoms with E-state index in [1.807, 2.05) is 0 Å². The van der Waals surface area contributed by atoms with Crippen molar-refractivity contribution in [3.05, 3.63) is 37.9 Å². The molecule has 1 rings (SSSR count). The molecular formula is C7H6BrClN4O. The van der Waals surface area contributed by atoms with Crippen molar-refractivity contribution in [3.63, 3.8) is 0 Å². The summed E-state index contributed by atoms with van der Waals surface area (Å²) in [4.78, 5) is 6.45. The van der Waals surface area contributed by atoms with Crippen LogP contribution in [0.25, 0.3) is 10.4 Å². The molecule has 0 aromatic carbocycles. The van der Waals surface area contributed by atoms with E-state index in [4.69, 9.17) is 22.2 Å². The van der Waals surface area contributed by atoms with E-state index in [-0.39, 0.29) is 11.8 Å². The molecule has 1 heterocycles. The summed E-state index contributed by atoms with van der Waals surface area (Å²) in [6.07, 6.45) is 1.49. The van der Waals surface area contributed by atoms with Gasteiger partial charge in [-0.2, -0.15) is 0 Å². The molecular weight excluding hydrogens is 271 g/mol. The molecule has 0 spiro atoms. The van der Waals surface area contributed by atoms with Gasteiger partial charge in [0.05, 0.1) is 12.6 Å². The number of halogens is 2. The normalized spacial score (nSPS) is 11.9. The molecule has 0 fully saturated rings. The minimum Gasteiger partial charge on any atom is -0.396 e. The van der Waals surface area contributed by atoms with Crippen LogP contribution in [0.15, 0.2) is 21.9 Å². The highest BCUT2D eigenvalue weighted by Crippen LogP contribution is 2.27. The molecule has 5 nitrogen and oxygen atoms in total. The Morgan fingerprint density at radius 2 is 2.50 bits per heavy atom. The van der Waals surface area contributed by atoms with Crippen LogP contribution in [0.4, 0.5) is 0 Å². The number of azide groups is 1. The Labute approximate surface area is 93.5 Å². The molecule has 0 amide bonds. The van der Waals surface area contributed by atoms with Crippen LogP contribution in [0.2, 0.25) is 5.15 Å². The molecule has 1 N–H and O–H groups in total. The van der Waals surface area contributed by atoms with Crippen molar-refractivity contribution in [2.45, 2.75) is 6.04 Å². The summed E-state index contributed by atoms with van der Waals surface area (Å²) >= 11 is 8.90. The maximum Gasteiger partial charge on any atom is 0.129 e. The SMILES string of the molecule is [N-]=[N+]=NC(CO)c1cc(Cl)ncc1Br. The summed E-state index contributed by atoms with van der Waals surface area (Å²) in [7, 11) is 0. The zero-order valence-corrected chi connectivity index (χ0v) is 9.27. The van der Waals surface area contributed by atoms with Gasteiger partial charge in [0.2, 0.25) is 0 Å². The first-order valence-corrected chi connectivity index (χ1v) is 4.82. The van der Waals surface area contributed by atoms with Crippen LogP contribution in [0.5, 0.6) is 0 Å². The number of aliphatic hydroxyl groups excluding tert-OH is 1. The molecule has 0 saturated heterocycles. The van der Waals surface area contributed by atoms with E-state index in [0.717, 1.165) is 0 Å². The maximum absolute atomic E-state index is 8.98. The lowest BCUT2D eigenvalue weighted by Crippen LogP contribution is -2.01. The van der Waals surface area contributed by atoms with Gasteiger partial charge in [-0.25, -0.2) is 4.98 Å². The predicted octanol–water partition coefficient (Wildman–Crippen LogP) is 2.84. The zero-order chi connectivity index (χ0) is 10.6.